The quantitative estimate of drug-likeness (QED) is 0.107. The van der Waals surface area contributed by atoms with Gasteiger partial charge in [-0.2, -0.15) is 12.1 Å². The predicted molar refractivity (Wildman–Crippen MR) is 326 cm³/mol. The van der Waals surface area contributed by atoms with Crippen molar-refractivity contribution in [1.82, 2.24) is 18.7 Å². The Morgan fingerprint density at radius 1 is 0.550 bits per heavy atom. The van der Waals surface area contributed by atoms with Crippen LogP contribution in [0.5, 0.6) is 11.5 Å². The Bertz CT molecular complexity index is 4710. The second-order valence-corrected chi connectivity index (χ2v) is 24.0. The van der Waals surface area contributed by atoms with E-state index in [1.165, 1.54) is 5.56 Å². The van der Waals surface area contributed by atoms with Gasteiger partial charge in [-0.1, -0.05) is 219 Å². The van der Waals surface area contributed by atoms with Gasteiger partial charge >= 0.3 is 0 Å². The standard InChI is InChI=1S/C73H63N5O.Pt/c1-71(2,3)46-48-37-38-74-68(39-48)78-63-34-18-15-29-60(63)69-66(77-61-32-16-13-27-58(61)59-28-14-17-33-62(59)77)44-55(45-67(69)78)79-54-26-21-25-53(43-54)75-47-76(65-36-20-19-35-64(65)75)70-56(49-23-11-10-12-24-49)30-22-31-57(70)50-40-51(72(4,5)6)42-52(41-50)73(7,8)9;/h10-42,44H,46H2,1-9H3;/q-2;/i10D,11D,12D,23D,24D;. The van der Waals surface area contributed by atoms with Crippen LogP contribution in [0.4, 0.5) is 0 Å². The molecule has 13 aromatic rings. The Balaban J connectivity index is 0.00000709. The van der Waals surface area contributed by atoms with Crippen LogP contribution in [-0.2, 0) is 38.3 Å². The molecule has 398 valence electrons. The number of imidazole rings is 1. The number of fused-ring (bicyclic) bond motifs is 7. The first kappa shape index (κ1) is 46.6. The van der Waals surface area contributed by atoms with E-state index in [9.17, 15) is 2.74 Å². The van der Waals surface area contributed by atoms with Crippen molar-refractivity contribution in [3.63, 3.8) is 0 Å². The number of nitrogens with zero attached hydrogens (tertiary/aromatic N) is 5. The molecule has 0 aliphatic heterocycles. The monoisotopic (exact) mass is 1230 g/mol. The van der Waals surface area contributed by atoms with Crippen LogP contribution in [0.25, 0.3) is 99.8 Å². The van der Waals surface area contributed by atoms with Crippen molar-refractivity contribution in [3.8, 4) is 56.6 Å². The summed E-state index contributed by atoms with van der Waals surface area (Å²) in [6, 6.07) is 63.8. The van der Waals surface area contributed by atoms with E-state index in [1.54, 1.807) is 0 Å². The average molecular weight is 1230 g/mol. The first-order valence-electron chi connectivity index (χ1n) is 29.6. The Kier molecular flexibility index (Phi) is 11.7. The van der Waals surface area contributed by atoms with Gasteiger partial charge < -0.3 is 18.4 Å². The molecule has 0 saturated carbocycles. The molecule has 0 aliphatic rings. The number of pyridine rings is 1. The number of hydrogen-bond donors (Lipinski definition) is 0. The molecule has 7 heteroatoms. The molecule has 6 nitrogen and oxygen atoms in total. The molecule has 0 unspecified atom stereocenters. The third-order valence-electron chi connectivity index (χ3n) is 15.0. The summed E-state index contributed by atoms with van der Waals surface area (Å²) in [6.07, 6.45) is 6.50. The van der Waals surface area contributed by atoms with Gasteiger partial charge in [-0.05, 0) is 109 Å². The smallest absolute Gasteiger partial charge is 0.268 e. The molecule has 0 radical (unpaired) electrons. The molecular weight excluding hydrogens is 1160 g/mol. The maximum absolute atomic E-state index is 9.32. The molecule has 0 amide bonds. The van der Waals surface area contributed by atoms with E-state index in [4.69, 9.17) is 13.8 Å². The Morgan fingerprint density at radius 3 is 1.79 bits per heavy atom. The minimum atomic E-state index is -0.450. The molecule has 80 heavy (non-hydrogen) atoms. The van der Waals surface area contributed by atoms with Crippen molar-refractivity contribution in [2.75, 3.05) is 0 Å². The van der Waals surface area contributed by atoms with Gasteiger partial charge in [-0.15, -0.1) is 24.3 Å². The number of aromatic nitrogens is 5. The predicted octanol–water partition coefficient (Wildman–Crippen LogP) is 18.2. The van der Waals surface area contributed by atoms with Crippen LogP contribution in [0, 0.1) is 23.9 Å². The molecule has 0 fully saturated rings. The van der Waals surface area contributed by atoms with Gasteiger partial charge in [0.1, 0.15) is 5.82 Å². The molecule has 0 aliphatic carbocycles. The fourth-order valence-electron chi connectivity index (χ4n) is 11.3. The molecule has 4 heterocycles. The number of ether oxygens (including phenoxy) is 1. The fourth-order valence-corrected chi connectivity index (χ4v) is 11.3. The summed E-state index contributed by atoms with van der Waals surface area (Å²) in [5, 5.41) is 4.34. The van der Waals surface area contributed by atoms with Gasteiger partial charge in [0.2, 0.25) is 0 Å². The average Bonchev–Trinajstić information content (AvgIpc) is 4.00. The summed E-state index contributed by atoms with van der Waals surface area (Å²) in [5.74, 6) is 1.70. The zero-order chi connectivity index (χ0) is 58.7. The van der Waals surface area contributed by atoms with E-state index in [-0.39, 0.29) is 55.0 Å². The van der Waals surface area contributed by atoms with Crippen molar-refractivity contribution in [2.24, 2.45) is 5.41 Å². The van der Waals surface area contributed by atoms with Crippen LogP contribution in [0.3, 0.4) is 0 Å². The minimum absolute atomic E-state index is 0. The molecule has 0 atom stereocenters. The van der Waals surface area contributed by atoms with Gasteiger partial charge in [-0.25, -0.2) is 4.98 Å². The maximum Gasteiger partial charge on any atom is 0.268 e. The van der Waals surface area contributed by atoms with Crippen LogP contribution in [0.15, 0.2) is 206 Å². The zero-order valence-electron chi connectivity index (χ0n) is 51.4. The van der Waals surface area contributed by atoms with E-state index >= 15 is 0 Å². The van der Waals surface area contributed by atoms with Crippen molar-refractivity contribution in [2.45, 2.75) is 79.6 Å². The van der Waals surface area contributed by atoms with Gasteiger partial charge in [0, 0.05) is 55.1 Å². The summed E-state index contributed by atoms with van der Waals surface area (Å²) in [4.78, 5) is 5.04. The molecule has 0 saturated heterocycles. The summed E-state index contributed by atoms with van der Waals surface area (Å²) in [5.41, 5.74) is 13.1. The molecule has 9 aromatic carbocycles. The van der Waals surface area contributed by atoms with E-state index < -0.39 is 18.1 Å². The second-order valence-electron chi connectivity index (χ2n) is 24.0. The second kappa shape index (κ2) is 20.1. The van der Waals surface area contributed by atoms with Crippen LogP contribution in [0.2, 0.25) is 0 Å². The fraction of sp³-hybridized carbons (Fsp3) is 0.178. The van der Waals surface area contributed by atoms with E-state index in [2.05, 4.69) is 205 Å². The van der Waals surface area contributed by atoms with Crippen molar-refractivity contribution < 1.29 is 37.2 Å². The first-order chi connectivity index (χ1) is 40.1. The van der Waals surface area contributed by atoms with Gasteiger partial charge in [0.05, 0.1) is 34.6 Å². The SMILES string of the molecule is [2H]c1c([2H])c([2H])c(-c2cccc(-c3cc(C(C)(C)C)cc(C(C)(C)C)c3)c2-[n+]2[c-]n(-c3[c-]c(Oc4[c-]c5c(c(-n6c7ccccc7c7ccccc76)c4)c4ccccc4n5-c4cc(CC(C)(C)C)ccn4)ccc3)c3ccccc32)c([2H])c1[2H].[Pt]. The summed E-state index contributed by atoms with van der Waals surface area (Å²) < 4.78 is 60.4. The molecule has 13 rings (SSSR count). The Labute approximate surface area is 490 Å². The Morgan fingerprint density at radius 2 is 1.14 bits per heavy atom. The normalized spacial score (nSPS) is 13.1. The maximum atomic E-state index is 9.32. The molecule has 0 spiro atoms. The van der Waals surface area contributed by atoms with Crippen molar-refractivity contribution >= 4 is 54.6 Å². The topological polar surface area (TPSA) is 40.8 Å². The third-order valence-corrected chi connectivity index (χ3v) is 15.0. The molecule has 0 N–H and O–H groups in total. The molecular formula is C73H63N5OPt-2. The van der Waals surface area contributed by atoms with Crippen molar-refractivity contribution in [3.05, 3.63) is 241 Å². The van der Waals surface area contributed by atoms with Gasteiger partial charge in [0.25, 0.3) is 6.33 Å². The molecule has 4 aromatic heterocycles. The number of benzene rings is 9. The number of rotatable bonds is 9. The largest absolute Gasteiger partial charge is 0.510 e. The van der Waals surface area contributed by atoms with Gasteiger partial charge in [-0.3, -0.25) is 4.57 Å². The first-order valence-corrected chi connectivity index (χ1v) is 27.1. The summed E-state index contributed by atoms with van der Waals surface area (Å²) >= 11 is 0. The van der Waals surface area contributed by atoms with Gasteiger partial charge in [0.15, 0.2) is 0 Å². The Hall–Kier alpha value is -8.31. The van der Waals surface area contributed by atoms with E-state index in [0.717, 1.165) is 94.8 Å². The summed E-state index contributed by atoms with van der Waals surface area (Å²) in [6.45, 7) is 20.0. The van der Waals surface area contributed by atoms with E-state index in [1.807, 2.05) is 69.9 Å². The van der Waals surface area contributed by atoms with Crippen LogP contribution in [0.1, 0.15) is 85.9 Å². The summed E-state index contributed by atoms with van der Waals surface area (Å²) in [7, 11) is 0. The van der Waals surface area contributed by atoms with Crippen molar-refractivity contribution in [1.29, 1.82) is 0 Å². The van der Waals surface area contributed by atoms with E-state index in [0.29, 0.717) is 28.4 Å². The number of hydrogen-bond acceptors (Lipinski definition) is 2. The minimum Gasteiger partial charge on any atom is -0.510 e. The van der Waals surface area contributed by atoms with Crippen LogP contribution < -0.4 is 9.30 Å². The van der Waals surface area contributed by atoms with Crippen LogP contribution in [-0.4, -0.2) is 18.7 Å². The third kappa shape index (κ3) is 9.43. The number of para-hydroxylation sites is 6. The van der Waals surface area contributed by atoms with Crippen LogP contribution >= 0.6 is 0 Å². The zero-order valence-corrected chi connectivity index (χ0v) is 48.7. The molecule has 0 bridgehead atoms.